The number of hydrogen-bond donors (Lipinski definition) is 2. The van der Waals surface area contributed by atoms with Crippen molar-refractivity contribution in [2.45, 2.75) is 57.1 Å². The van der Waals surface area contributed by atoms with Crippen LogP contribution in [-0.2, 0) is 4.79 Å². The Hall–Kier alpha value is -0.610. The molecule has 2 fully saturated rings. The lowest BCUT2D eigenvalue weighted by atomic mass is 10.0. The molecule has 2 aliphatic rings. The zero-order valence-electron chi connectivity index (χ0n) is 10.7. The Kier molecular flexibility index (Phi) is 4.05. The summed E-state index contributed by atoms with van der Waals surface area (Å²) in [6.07, 6.45) is 5.82. The zero-order valence-corrected chi connectivity index (χ0v) is 10.7. The van der Waals surface area contributed by atoms with Crippen molar-refractivity contribution in [1.29, 1.82) is 0 Å². The Morgan fingerprint density at radius 3 is 2.82 bits per heavy atom. The number of nitrogens with one attached hydrogen (secondary N) is 1. The summed E-state index contributed by atoms with van der Waals surface area (Å²) in [5, 5.41) is 13.6. The van der Waals surface area contributed by atoms with E-state index in [-0.39, 0.29) is 11.9 Å². The van der Waals surface area contributed by atoms with Gasteiger partial charge in [-0.2, -0.15) is 0 Å². The molecule has 1 aliphatic carbocycles. The highest BCUT2D eigenvalue weighted by molar-refractivity contribution is 5.84. The van der Waals surface area contributed by atoms with E-state index in [4.69, 9.17) is 0 Å². The molecule has 0 spiro atoms. The highest BCUT2D eigenvalue weighted by Gasteiger charge is 2.38. The summed E-state index contributed by atoms with van der Waals surface area (Å²) >= 11 is 0. The normalized spacial score (nSPS) is 28.0. The number of β-amino-alcohol motifs (C(OH)–C–C–N with tert-alkyl or cyclic N) is 1. The molecular weight excluding hydrogens is 216 g/mol. The van der Waals surface area contributed by atoms with Crippen LogP contribution in [0.3, 0.4) is 0 Å². The first-order valence-corrected chi connectivity index (χ1v) is 6.89. The van der Waals surface area contributed by atoms with E-state index < -0.39 is 5.60 Å². The molecule has 0 aromatic heterocycles. The van der Waals surface area contributed by atoms with Crippen molar-refractivity contribution in [2.75, 3.05) is 19.6 Å². The predicted octanol–water partition coefficient (Wildman–Crippen LogP) is 0.892. The van der Waals surface area contributed by atoms with Gasteiger partial charge >= 0.3 is 0 Å². The molecule has 1 saturated carbocycles. The van der Waals surface area contributed by atoms with Gasteiger partial charge in [0.15, 0.2) is 0 Å². The largest absolute Gasteiger partial charge is 0.388 e. The number of aliphatic hydroxyl groups is 1. The third kappa shape index (κ3) is 2.99. The molecule has 1 amide bonds. The predicted molar refractivity (Wildman–Crippen MR) is 66.7 cm³/mol. The van der Waals surface area contributed by atoms with Crippen LogP contribution in [0.4, 0.5) is 0 Å². The van der Waals surface area contributed by atoms with Gasteiger partial charge in [0, 0.05) is 13.1 Å². The Bertz CT molecular complexity index is 275. The van der Waals surface area contributed by atoms with Crippen LogP contribution in [0.2, 0.25) is 0 Å². The van der Waals surface area contributed by atoms with E-state index in [0.29, 0.717) is 6.54 Å². The van der Waals surface area contributed by atoms with Crippen molar-refractivity contribution >= 4 is 5.91 Å². The minimum absolute atomic E-state index is 0.0139. The molecule has 0 aromatic carbocycles. The van der Waals surface area contributed by atoms with Crippen LogP contribution in [0.5, 0.6) is 0 Å². The standard InChI is InChI=1S/C13H24N2O2/c1-2-8-14-11-5-9-15(12(11)16)10-13(17)6-3-4-7-13/h11,14,17H,2-10H2,1H3. The van der Waals surface area contributed by atoms with Gasteiger partial charge in [0.1, 0.15) is 0 Å². The first-order valence-electron chi connectivity index (χ1n) is 6.89. The maximum absolute atomic E-state index is 12.1. The quantitative estimate of drug-likeness (QED) is 0.750. The lowest BCUT2D eigenvalue weighted by Crippen LogP contribution is -2.45. The van der Waals surface area contributed by atoms with Crippen LogP contribution in [0, 0.1) is 0 Å². The van der Waals surface area contributed by atoms with Crippen molar-refractivity contribution in [3.63, 3.8) is 0 Å². The lowest BCUT2D eigenvalue weighted by Gasteiger charge is -2.28. The summed E-state index contributed by atoms with van der Waals surface area (Å²) in [6.45, 7) is 4.33. The highest BCUT2D eigenvalue weighted by atomic mass is 16.3. The first-order chi connectivity index (χ1) is 8.14. The maximum atomic E-state index is 12.1. The second-order valence-electron chi connectivity index (χ2n) is 5.49. The van der Waals surface area contributed by atoms with Gasteiger partial charge < -0.3 is 15.3 Å². The van der Waals surface area contributed by atoms with E-state index >= 15 is 0 Å². The Morgan fingerprint density at radius 2 is 2.18 bits per heavy atom. The highest BCUT2D eigenvalue weighted by Crippen LogP contribution is 2.31. The summed E-state index contributed by atoms with van der Waals surface area (Å²) < 4.78 is 0. The molecular formula is C13H24N2O2. The van der Waals surface area contributed by atoms with E-state index in [1.54, 1.807) is 0 Å². The molecule has 0 bridgehead atoms. The van der Waals surface area contributed by atoms with Crippen LogP contribution < -0.4 is 5.32 Å². The summed E-state index contributed by atoms with van der Waals surface area (Å²) in [4.78, 5) is 13.9. The van der Waals surface area contributed by atoms with Gasteiger partial charge in [-0.25, -0.2) is 0 Å². The number of nitrogens with zero attached hydrogens (tertiary/aromatic N) is 1. The zero-order chi connectivity index (χ0) is 12.3. The second-order valence-corrected chi connectivity index (χ2v) is 5.49. The summed E-state index contributed by atoms with van der Waals surface area (Å²) in [6, 6.07) is -0.0139. The van der Waals surface area contributed by atoms with Gasteiger partial charge in [0.2, 0.25) is 5.91 Å². The van der Waals surface area contributed by atoms with Crippen molar-refractivity contribution in [1.82, 2.24) is 10.2 Å². The van der Waals surface area contributed by atoms with E-state index in [9.17, 15) is 9.90 Å². The fourth-order valence-electron chi connectivity index (χ4n) is 2.95. The van der Waals surface area contributed by atoms with Crippen molar-refractivity contribution in [3.8, 4) is 0 Å². The van der Waals surface area contributed by atoms with Crippen LogP contribution in [0.15, 0.2) is 0 Å². The van der Waals surface area contributed by atoms with Gasteiger partial charge in [-0.1, -0.05) is 19.8 Å². The molecule has 2 rings (SSSR count). The number of rotatable bonds is 5. The Labute approximate surface area is 103 Å². The molecule has 17 heavy (non-hydrogen) atoms. The number of likely N-dealkylation sites (tertiary alicyclic amines) is 1. The lowest BCUT2D eigenvalue weighted by molar-refractivity contribution is -0.132. The maximum Gasteiger partial charge on any atom is 0.239 e. The summed E-state index contributed by atoms with van der Waals surface area (Å²) in [7, 11) is 0. The molecule has 1 unspecified atom stereocenters. The fourth-order valence-corrected chi connectivity index (χ4v) is 2.95. The number of amides is 1. The average Bonchev–Trinajstić information content (AvgIpc) is 2.86. The summed E-state index contributed by atoms with van der Waals surface area (Å²) in [5.41, 5.74) is -0.602. The molecule has 2 N–H and O–H groups in total. The third-order valence-electron chi connectivity index (χ3n) is 3.96. The number of hydrogen-bond acceptors (Lipinski definition) is 3. The van der Waals surface area contributed by atoms with Gasteiger partial charge in [-0.05, 0) is 32.2 Å². The number of carbonyl (C=O) groups is 1. The molecule has 98 valence electrons. The van der Waals surface area contributed by atoms with E-state index in [1.165, 1.54) is 0 Å². The average molecular weight is 240 g/mol. The van der Waals surface area contributed by atoms with Crippen LogP contribution >= 0.6 is 0 Å². The molecule has 0 aromatic rings. The first kappa shape index (κ1) is 12.8. The monoisotopic (exact) mass is 240 g/mol. The van der Waals surface area contributed by atoms with Gasteiger partial charge in [0.05, 0.1) is 11.6 Å². The van der Waals surface area contributed by atoms with Gasteiger partial charge in [0.25, 0.3) is 0 Å². The molecule has 1 atom stereocenters. The minimum Gasteiger partial charge on any atom is -0.388 e. The van der Waals surface area contributed by atoms with Crippen molar-refractivity contribution in [3.05, 3.63) is 0 Å². The van der Waals surface area contributed by atoms with Crippen LogP contribution in [0.1, 0.15) is 45.4 Å². The van der Waals surface area contributed by atoms with Gasteiger partial charge in [-0.15, -0.1) is 0 Å². The molecule has 4 heteroatoms. The molecule has 1 aliphatic heterocycles. The van der Waals surface area contributed by atoms with Crippen molar-refractivity contribution in [2.24, 2.45) is 0 Å². The molecule has 4 nitrogen and oxygen atoms in total. The van der Waals surface area contributed by atoms with Gasteiger partial charge in [-0.3, -0.25) is 4.79 Å². The topological polar surface area (TPSA) is 52.6 Å². The van der Waals surface area contributed by atoms with E-state index in [1.807, 2.05) is 4.90 Å². The second kappa shape index (κ2) is 5.36. The smallest absolute Gasteiger partial charge is 0.239 e. The number of carbonyl (C=O) groups excluding carboxylic acids is 1. The summed E-state index contributed by atoms with van der Waals surface area (Å²) in [5.74, 6) is 0.179. The Balaban J connectivity index is 1.84. The third-order valence-corrected chi connectivity index (χ3v) is 3.96. The van der Waals surface area contributed by atoms with Crippen LogP contribution in [-0.4, -0.2) is 47.2 Å². The van der Waals surface area contributed by atoms with Crippen LogP contribution in [0.25, 0.3) is 0 Å². The molecule has 1 saturated heterocycles. The van der Waals surface area contributed by atoms with E-state index in [0.717, 1.165) is 51.6 Å². The fraction of sp³-hybridized carbons (Fsp3) is 0.923. The van der Waals surface area contributed by atoms with Crippen molar-refractivity contribution < 1.29 is 9.90 Å². The minimum atomic E-state index is -0.602. The van der Waals surface area contributed by atoms with E-state index in [2.05, 4.69) is 12.2 Å². The SMILES string of the molecule is CCCNC1CCN(CC2(O)CCCC2)C1=O. The Morgan fingerprint density at radius 1 is 1.47 bits per heavy atom. The molecule has 0 radical (unpaired) electrons. The molecule has 1 heterocycles.